The predicted molar refractivity (Wildman–Crippen MR) is 77.3 cm³/mol. The summed E-state index contributed by atoms with van der Waals surface area (Å²) in [6, 6.07) is 1.26. The number of anilines is 1. The van der Waals surface area contributed by atoms with E-state index in [1.54, 1.807) is 0 Å². The number of nitrogens with zero attached hydrogens (tertiary/aromatic N) is 1. The SMILES string of the molecule is C=Cc1c(C(=O)O)nc(-c2cc3c(cc2F)OC(F)(F)O3)c(F)c1N. The summed E-state index contributed by atoms with van der Waals surface area (Å²) >= 11 is 0. The van der Waals surface area contributed by atoms with Crippen molar-refractivity contribution in [2.45, 2.75) is 6.29 Å². The van der Waals surface area contributed by atoms with Crippen LogP contribution in [0.3, 0.4) is 0 Å². The number of nitrogen functional groups attached to an aromatic ring is 1. The second-order valence-corrected chi connectivity index (χ2v) is 4.91. The molecule has 0 spiro atoms. The van der Waals surface area contributed by atoms with Crippen molar-refractivity contribution in [1.29, 1.82) is 0 Å². The Labute approximate surface area is 137 Å². The molecule has 2 heterocycles. The van der Waals surface area contributed by atoms with Gasteiger partial charge in [0, 0.05) is 17.2 Å². The molecule has 0 aliphatic carbocycles. The van der Waals surface area contributed by atoms with Crippen LogP contribution in [0.1, 0.15) is 16.1 Å². The number of hydrogen-bond acceptors (Lipinski definition) is 5. The Bertz CT molecular complexity index is 930. The lowest BCUT2D eigenvalue weighted by Crippen LogP contribution is -2.25. The summed E-state index contributed by atoms with van der Waals surface area (Å²) in [7, 11) is 0. The van der Waals surface area contributed by atoms with Crippen LogP contribution in [-0.4, -0.2) is 22.4 Å². The Kier molecular flexibility index (Phi) is 3.55. The maximum absolute atomic E-state index is 14.4. The second kappa shape index (κ2) is 5.36. The Morgan fingerprint density at radius 3 is 2.44 bits per heavy atom. The Morgan fingerprint density at radius 1 is 1.28 bits per heavy atom. The van der Waals surface area contributed by atoms with Gasteiger partial charge in [-0.1, -0.05) is 12.7 Å². The van der Waals surface area contributed by atoms with Gasteiger partial charge in [-0.05, 0) is 6.07 Å². The van der Waals surface area contributed by atoms with Gasteiger partial charge in [-0.15, -0.1) is 8.78 Å². The maximum atomic E-state index is 14.4. The lowest BCUT2D eigenvalue weighted by molar-refractivity contribution is -0.286. The number of carboxylic acid groups (broad SMARTS) is 1. The van der Waals surface area contributed by atoms with Crippen LogP contribution in [0.15, 0.2) is 18.7 Å². The lowest BCUT2D eigenvalue weighted by Gasteiger charge is -2.12. The number of hydrogen-bond donors (Lipinski definition) is 2. The third-order valence-electron chi connectivity index (χ3n) is 3.37. The van der Waals surface area contributed by atoms with Crippen molar-refractivity contribution in [3.63, 3.8) is 0 Å². The zero-order valence-electron chi connectivity index (χ0n) is 12.1. The van der Waals surface area contributed by atoms with Crippen molar-refractivity contribution in [1.82, 2.24) is 4.98 Å². The zero-order chi connectivity index (χ0) is 18.5. The summed E-state index contributed by atoms with van der Waals surface area (Å²) in [6.45, 7) is 3.32. The highest BCUT2D eigenvalue weighted by Gasteiger charge is 2.44. The normalized spacial score (nSPS) is 14.4. The van der Waals surface area contributed by atoms with E-state index in [4.69, 9.17) is 10.8 Å². The van der Waals surface area contributed by atoms with Gasteiger partial charge in [0.2, 0.25) is 0 Å². The highest BCUT2D eigenvalue weighted by molar-refractivity contribution is 5.94. The molecule has 0 unspecified atom stereocenters. The molecule has 1 aromatic heterocycles. The molecule has 0 atom stereocenters. The summed E-state index contributed by atoms with van der Waals surface area (Å²) in [4.78, 5) is 14.8. The summed E-state index contributed by atoms with van der Waals surface area (Å²) in [5.41, 5.74) is 2.54. The zero-order valence-corrected chi connectivity index (χ0v) is 12.1. The van der Waals surface area contributed by atoms with Gasteiger partial charge in [-0.2, -0.15) is 0 Å². The first-order valence-corrected chi connectivity index (χ1v) is 6.59. The molecular weight excluding hydrogens is 348 g/mol. The van der Waals surface area contributed by atoms with Gasteiger partial charge in [-0.3, -0.25) is 0 Å². The van der Waals surface area contributed by atoms with Crippen LogP contribution in [0.2, 0.25) is 0 Å². The van der Waals surface area contributed by atoms with E-state index in [0.29, 0.717) is 6.07 Å². The summed E-state index contributed by atoms with van der Waals surface area (Å²) in [6.07, 6.45) is -3.02. The average Bonchev–Trinajstić information content (AvgIpc) is 2.81. The first-order valence-electron chi connectivity index (χ1n) is 6.59. The van der Waals surface area contributed by atoms with Crippen LogP contribution < -0.4 is 15.2 Å². The number of carboxylic acids is 1. The minimum atomic E-state index is -4.00. The van der Waals surface area contributed by atoms with Crippen LogP contribution in [0.25, 0.3) is 17.3 Å². The van der Waals surface area contributed by atoms with Crippen LogP contribution in [0.4, 0.5) is 23.2 Å². The van der Waals surface area contributed by atoms with Gasteiger partial charge in [0.05, 0.1) is 5.69 Å². The number of pyridine rings is 1. The molecule has 0 saturated heterocycles. The lowest BCUT2D eigenvalue weighted by atomic mass is 10.0. The van der Waals surface area contributed by atoms with E-state index in [-0.39, 0.29) is 5.56 Å². The van der Waals surface area contributed by atoms with Gasteiger partial charge in [-0.25, -0.2) is 18.6 Å². The van der Waals surface area contributed by atoms with E-state index >= 15 is 0 Å². The van der Waals surface area contributed by atoms with E-state index in [0.717, 1.165) is 12.1 Å². The fraction of sp³-hybridized carbons (Fsp3) is 0.0667. The molecule has 10 heteroatoms. The molecule has 1 aliphatic heterocycles. The van der Waals surface area contributed by atoms with Crippen molar-refractivity contribution in [2.24, 2.45) is 0 Å². The van der Waals surface area contributed by atoms with E-state index < -0.39 is 58.0 Å². The quantitative estimate of drug-likeness (QED) is 0.820. The van der Waals surface area contributed by atoms with Gasteiger partial charge in [0.15, 0.2) is 23.0 Å². The molecule has 130 valence electrons. The summed E-state index contributed by atoms with van der Waals surface area (Å²) in [5, 5.41) is 9.15. The number of aromatic nitrogens is 1. The van der Waals surface area contributed by atoms with Crippen LogP contribution in [0.5, 0.6) is 11.5 Å². The second-order valence-electron chi connectivity index (χ2n) is 4.91. The Hall–Kier alpha value is -3.30. The van der Waals surface area contributed by atoms with E-state index in [1.165, 1.54) is 0 Å². The van der Waals surface area contributed by atoms with E-state index in [2.05, 4.69) is 21.0 Å². The van der Waals surface area contributed by atoms with Crippen molar-refractivity contribution in [3.05, 3.63) is 41.6 Å². The highest BCUT2D eigenvalue weighted by Crippen LogP contribution is 2.44. The molecule has 2 aromatic rings. The maximum Gasteiger partial charge on any atom is 0.586 e. The van der Waals surface area contributed by atoms with Crippen LogP contribution in [0, 0.1) is 11.6 Å². The van der Waals surface area contributed by atoms with Crippen LogP contribution in [-0.2, 0) is 0 Å². The minimum absolute atomic E-state index is 0.290. The van der Waals surface area contributed by atoms with E-state index in [1.807, 2.05) is 0 Å². The number of carbonyl (C=O) groups is 1. The standard InChI is InChI=1S/C15H8F4N2O4/c1-2-5-11(20)10(17)12(21-13(5)14(22)23)6-3-8-9(4-7(6)16)25-15(18,19)24-8/h2-4H,1H2,(H2,20,21)(H,22,23). The molecule has 3 rings (SSSR count). The topological polar surface area (TPSA) is 94.7 Å². The number of rotatable bonds is 3. The number of alkyl halides is 2. The number of ether oxygens (including phenoxy) is 2. The molecule has 6 nitrogen and oxygen atoms in total. The summed E-state index contributed by atoms with van der Waals surface area (Å²) < 4.78 is 63.0. The van der Waals surface area contributed by atoms with Gasteiger partial charge in [0.1, 0.15) is 11.5 Å². The molecule has 0 radical (unpaired) electrons. The van der Waals surface area contributed by atoms with Crippen molar-refractivity contribution < 1.29 is 36.9 Å². The van der Waals surface area contributed by atoms with Gasteiger partial charge >= 0.3 is 12.3 Å². The molecule has 3 N–H and O–H groups in total. The third kappa shape index (κ3) is 2.61. The molecule has 0 fully saturated rings. The summed E-state index contributed by atoms with van der Waals surface area (Å²) in [5.74, 6) is -5.14. The van der Waals surface area contributed by atoms with Gasteiger partial charge in [0.25, 0.3) is 0 Å². The monoisotopic (exact) mass is 356 g/mol. The smallest absolute Gasteiger partial charge is 0.476 e. The Morgan fingerprint density at radius 2 is 1.88 bits per heavy atom. The average molecular weight is 356 g/mol. The Balaban J connectivity index is 2.25. The first-order chi connectivity index (χ1) is 11.6. The molecular formula is C15H8F4N2O4. The highest BCUT2D eigenvalue weighted by atomic mass is 19.3. The van der Waals surface area contributed by atoms with E-state index in [9.17, 15) is 22.4 Å². The van der Waals surface area contributed by atoms with Crippen molar-refractivity contribution >= 4 is 17.7 Å². The third-order valence-corrected chi connectivity index (χ3v) is 3.37. The fourth-order valence-electron chi connectivity index (χ4n) is 2.30. The van der Waals surface area contributed by atoms with Crippen LogP contribution >= 0.6 is 0 Å². The number of halogens is 4. The molecule has 0 bridgehead atoms. The fourth-order valence-corrected chi connectivity index (χ4v) is 2.30. The first kappa shape index (κ1) is 16.6. The van der Waals surface area contributed by atoms with Crippen molar-refractivity contribution in [2.75, 3.05) is 5.73 Å². The van der Waals surface area contributed by atoms with Crippen molar-refractivity contribution in [3.8, 4) is 22.8 Å². The number of nitrogens with two attached hydrogens (primary N) is 1. The molecule has 0 amide bonds. The molecule has 1 aromatic carbocycles. The largest absolute Gasteiger partial charge is 0.586 e. The molecule has 0 saturated carbocycles. The number of benzene rings is 1. The number of aromatic carboxylic acids is 1. The number of fused-ring (bicyclic) bond motifs is 1. The van der Waals surface area contributed by atoms with Gasteiger partial charge < -0.3 is 20.3 Å². The molecule has 1 aliphatic rings. The minimum Gasteiger partial charge on any atom is -0.476 e. The molecule has 25 heavy (non-hydrogen) atoms. The predicted octanol–water partition coefficient (Wildman–Crippen LogP) is 3.27.